The van der Waals surface area contributed by atoms with E-state index in [4.69, 9.17) is 0 Å². The number of hydrogen-bond acceptors (Lipinski definition) is 2. The number of piperidine rings is 1. The van der Waals surface area contributed by atoms with Crippen molar-refractivity contribution in [2.75, 3.05) is 26.7 Å². The van der Waals surface area contributed by atoms with Crippen molar-refractivity contribution in [3.05, 3.63) is 0 Å². The highest BCUT2D eigenvalue weighted by Crippen LogP contribution is 2.17. The maximum Gasteiger partial charge on any atom is 0.225 e. The molecule has 1 heterocycles. The van der Waals surface area contributed by atoms with Gasteiger partial charge in [0.2, 0.25) is 5.91 Å². The Hall–Kier alpha value is -0.570. The minimum atomic E-state index is 0.195. The van der Waals surface area contributed by atoms with Crippen LogP contribution >= 0.6 is 0 Å². The Morgan fingerprint density at radius 1 is 1.28 bits per heavy atom. The van der Waals surface area contributed by atoms with Gasteiger partial charge in [0.15, 0.2) is 0 Å². The summed E-state index contributed by atoms with van der Waals surface area (Å²) in [7, 11) is 2.18. The fourth-order valence-electron chi connectivity index (χ4n) is 2.27. The lowest BCUT2D eigenvalue weighted by molar-refractivity contribution is -0.136. The van der Waals surface area contributed by atoms with Crippen molar-refractivity contribution in [3.8, 4) is 0 Å². The largest absolute Gasteiger partial charge is 0.342 e. The predicted molar refractivity (Wildman–Crippen MR) is 78.7 cm³/mol. The van der Waals surface area contributed by atoms with E-state index in [0.717, 1.165) is 38.9 Å². The van der Waals surface area contributed by atoms with Gasteiger partial charge in [-0.05, 0) is 32.9 Å². The monoisotopic (exact) mass is 256 g/mol. The van der Waals surface area contributed by atoms with Crippen molar-refractivity contribution in [1.29, 1.82) is 0 Å². The van der Waals surface area contributed by atoms with Crippen LogP contribution in [0.5, 0.6) is 0 Å². The molecule has 1 atom stereocenters. The van der Waals surface area contributed by atoms with Crippen molar-refractivity contribution >= 4 is 5.91 Å². The highest BCUT2D eigenvalue weighted by Gasteiger charge is 2.26. The first-order chi connectivity index (χ1) is 8.60. The summed E-state index contributed by atoms with van der Waals surface area (Å²) in [4.78, 5) is 16.4. The summed E-state index contributed by atoms with van der Waals surface area (Å²) in [5, 5.41) is 0. The molecule has 18 heavy (non-hydrogen) atoms. The van der Waals surface area contributed by atoms with Gasteiger partial charge in [0, 0.05) is 25.0 Å². The molecule has 1 aliphatic heterocycles. The van der Waals surface area contributed by atoms with Crippen molar-refractivity contribution in [1.82, 2.24) is 9.80 Å². The molecule has 0 radical (unpaired) electrons. The lowest BCUT2D eigenvalue weighted by Crippen LogP contribution is -2.46. The van der Waals surface area contributed by atoms with Gasteiger partial charge in [-0.1, -0.05) is 34.6 Å². The molecule has 0 aromatic heterocycles. The Morgan fingerprint density at radius 2 is 1.78 bits per heavy atom. The first kappa shape index (κ1) is 17.4. The number of nitrogens with zero attached hydrogens (tertiary/aromatic N) is 2. The molecule has 0 saturated carbocycles. The van der Waals surface area contributed by atoms with Gasteiger partial charge in [-0.25, -0.2) is 0 Å². The standard InChI is InChI=1S/C13H26N2O.C2H6/c1-5-11(3)13(16)15-9-7-12(8-10-15)14(4)6-2;1-2/h11-12H,5-10H2,1-4H3;1-2H3. The van der Waals surface area contributed by atoms with Gasteiger partial charge < -0.3 is 9.80 Å². The second-order valence-electron chi connectivity index (χ2n) is 4.94. The molecule has 108 valence electrons. The molecule has 3 heteroatoms. The van der Waals surface area contributed by atoms with E-state index in [1.54, 1.807) is 0 Å². The second-order valence-corrected chi connectivity index (χ2v) is 4.94. The van der Waals surface area contributed by atoms with E-state index in [1.165, 1.54) is 0 Å². The van der Waals surface area contributed by atoms with Gasteiger partial charge in [0.05, 0.1) is 0 Å². The molecule has 1 aliphatic rings. The lowest BCUT2D eigenvalue weighted by atomic mass is 10.0. The number of likely N-dealkylation sites (tertiary alicyclic amines) is 1. The molecule has 3 nitrogen and oxygen atoms in total. The molecular formula is C15H32N2O. The van der Waals surface area contributed by atoms with Gasteiger partial charge >= 0.3 is 0 Å². The van der Waals surface area contributed by atoms with Crippen LogP contribution in [0.4, 0.5) is 0 Å². The molecular weight excluding hydrogens is 224 g/mol. The zero-order chi connectivity index (χ0) is 14.1. The Kier molecular flexibility index (Phi) is 9.08. The minimum Gasteiger partial charge on any atom is -0.342 e. The molecule has 1 unspecified atom stereocenters. The molecule has 0 aromatic rings. The maximum absolute atomic E-state index is 12.0. The Bertz CT molecular complexity index is 223. The Morgan fingerprint density at radius 3 is 2.17 bits per heavy atom. The molecule has 1 fully saturated rings. The topological polar surface area (TPSA) is 23.6 Å². The smallest absolute Gasteiger partial charge is 0.225 e. The lowest BCUT2D eigenvalue weighted by Gasteiger charge is -2.37. The first-order valence-electron chi connectivity index (χ1n) is 7.59. The number of hydrogen-bond donors (Lipinski definition) is 0. The van der Waals surface area contributed by atoms with E-state index >= 15 is 0 Å². The minimum absolute atomic E-state index is 0.195. The average Bonchev–Trinajstić information content (AvgIpc) is 2.47. The van der Waals surface area contributed by atoms with E-state index in [-0.39, 0.29) is 5.92 Å². The number of amides is 1. The van der Waals surface area contributed by atoms with Crippen LogP contribution < -0.4 is 0 Å². The van der Waals surface area contributed by atoms with Crippen LogP contribution in [0.3, 0.4) is 0 Å². The normalized spacial score (nSPS) is 18.3. The zero-order valence-electron chi connectivity index (χ0n) is 13.2. The summed E-state index contributed by atoms with van der Waals surface area (Å²) in [6.45, 7) is 13.3. The van der Waals surface area contributed by atoms with Crippen LogP contribution in [-0.2, 0) is 4.79 Å². The van der Waals surface area contributed by atoms with E-state index in [0.29, 0.717) is 11.9 Å². The molecule has 0 aromatic carbocycles. The van der Waals surface area contributed by atoms with Crippen LogP contribution in [-0.4, -0.2) is 48.4 Å². The summed E-state index contributed by atoms with van der Waals surface area (Å²) >= 11 is 0. The highest BCUT2D eigenvalue weighted by molar-refractivity contribution is 5.78. The summed E-state index contributed by atoms with van der Waals surface area (Å²) in [5.41, 5.74) is 0. The van der Waals surface area contributed by atoms with Crippen LogP contribution in [0, 0.1) is 5.92 Å². The van der Waals surface area contributed by atoms with Gasteiger partial charge in [-0.15, -0.1) is 0 Å². The number of carbonyl (C=O) groups excluding carboxylic acids is 1. The number of carbonyl (C=O) groups is 1. The van der Waals surface area contributed by atoms with Gasteiger partial charge in [-0.3, -0.25) is 4.79 Å². The SMILES string of the molecule is CC.CCC(C)C(=O)N1CCC(N(C)CC)CC1. The van der Waals surface area contributed by atoms with E-state index < -0.39 is 0 Å². The van der Waals surface area contributed by atoms with Crippen LogP contribution in [0.15, 0.2) is 0 Å². The van der Waals surface area contributed by atoms with E-state index in [9.17, 15) is 4.79 Å². The fraction of sp³-hybridized carbons (Fsp3) is 0.933. The summed E-state index contributed by atoms with van der Waals surface area (Å²) < 4.78 is 0. The average molecular weight is 256 g/mol. The number of rotatable bonds is 4. The Labute approximate surface area is 114 Å². The Balaban J connectivity index is 0.00000137. The second kappa shape index (κ2) is 9.37. The summed E-state index contributed by atoms with van der Waals surface area (Å²) in [6.07, 6.45) is 3.21. The zero-order valence-corrected chi connectivity index (χ0v) is 13.2. The van der Waals surface area contributed by atoms with Crippen molar-refractivity contribution in [3.63, 3.8) is 0 Å². The van der Waals surface area contributed by atoms with Crippen molar-refractivity contribution in [2.24, 2.45) is 5.92 Å². The third-order valence-corrected chi connectivity index (χ3v) is 3.93. The molecule has 1 amide bonds. The fourth-order valence-corrected chi connectivity index (χ4v) is 2.27. The quantitative estimate of drug-likeness (QED) is 0.772. The van der Waals surface area contributed by atoms with Crippen LogP contribution in [0.1, 0.15) is 53.9 Å². The molecule has 0 N–H and O–H groups in total. The summed E-state index contributed by atoms with van der Waals surface area (Å²) in [5.74, 6) is 0.542. The highest BCUT2D eigenvalue weighted by atomic mass is 16.2. The third kappa shape index (κ3) is 4.97. The van der Waals surface area contributed by atoms with Crippen LogP contribution in [0.25, 0.3) is 0 Å². The van der Waals surface area contributed by atoms with Crippen molar-refractivity contribution in [2.45, 2.75) is 59.9 Å². The predicted octanol–water partition coefficient (Wildman–Crippen LogP) is 3.00. The van der Waals surface area contributed by atoms with Gasteiger partial charge in [-0.2, -0.15) is 0 Å². The molecule has 1 saturated heterocycles. The molecule has 0 spiro atoms. The van der Waals surface area contributed by atoms with E-state index in [1.807, 2.05) is 25.7 Å². The van der Waals surface area contributed by atoms with Gasteiger partial charge in [0.1, 0.15) is 0 Å². The third-order valence-electron chi connectivity index (χ3n) is 3.93. The molecule has 1 rings (SSSR count). The summed E-state index contributed by atoms with van der Waals surface area (Å²) in [6, 6.07) is 0.672. The maximum atomic E-state index is 12.0. The van der Waals surface area contributed by atoms with Gasteiger partial charge in [0.25, 0.3) is 0 Å². The van der Waals surface area contributed by atoms with Crippen molar-refractivity contribution < 1.29 is 4.79 Å². The first-order valence-corrected chi connectivity index (χ1v) is 7.59. The van der Waals surface area contributed by atoms with E-state index in [2.05, 4.69) is 25.8 Å². The van der Waals surface area contributed by atoms with Crippen LogP contribution in [0.2, 0.25) is 0 Å². The molecule has 0 bridgehead atoms. The molecule has 0 aliphatic carbocycles.